The summed E-state index contributed by atoms with van der Waals surface area (Å²) >= 11 is 0. The minimum atomic E-state index is -0.999. The molecule has 1 fully saturated rings. The van der Waals surface area contributed by atoms with Gasteiger partial charge in [0.05, 0.1) is 30.1 Å². The molecule has 0 radical (unpaired) electrons. The first-order valence-corrected chi connectivity index (χ1v) is 11.2. The Morgan fingerprint density at radius 3 is 2.75 bits per heavy atom. The molecule has 8 heteroatoms. The number of guanidine groups is 1. The predicted octanol–water partition coefficient (Wildman–Crippen LogP) is 2.32. The second-order valence-electron chi connectivity index (χ2n) is 7.16. The third-order valence-corrected chi connectivity index (χ3v) is 5.60. The standard InChI is InChI=1S/C20H34N4O2S.HI/c1-4-21-20(22-10-13-27(25)19-8-6-5-7-9-19)23-14-18-16-24(11-12-26-18)15-17(2)3;/h5-9,17-18H,4,10-16H2,1-3H3,(H2,21,22,23);1H. The summed E-state index contributed by atoms with van der Waals surface area (Å²) in [5.41, 5.74) is 0. The predicted molar refractivity (Wildman–Crippen MR) is 128 cm³/mol. The van der Waals surface area contributed by atoms with Crippen LogP contribution in [0.15, 0.2) is 40.2 Å². The molecule has 0 bridgehead atoms. The molecule has 1 aliphatic heterocycles. The summed E-state index contributed by atoms with van der Waals surface area (Å²) in [5.74, 6) is 1.97. The maximum atomic E-state index is 12.3. The molecule has 2 atom stereocenters. The number of morpholine rings is 1. The molecule has 6 nitrogen and oxygen atoms in total. The molecule has 0 aliphatic carbocycles. The van der Waals surface area contributed by atoms with Crippen LogP contribution in [0.4, 0.5) is 0 Å². The van der Waals surface area contributed by atoms with Gasteiger partial charge in [0.15, 0.2) is 5.96 Å². The van der Waals surface area contributed by atoms with E-state index in [0.717, 1.165) is 43.6 Å². The van der Waals surface area contributed by atoms with Gasteiger partial charge in [0.1, 0.15) is 0 Å². The zero-order chi connectivity index (χ0) is 19.5. The van der Waals surface area contributed by atoms with Crippen molar-refractivity contribution in [2.24, 2.45) is 10.9 Å². The molecule has 1 saturated heterocycles. The first kappa shape index (κ1) is 25.3. The van der Waals surface area contributed by atoms with Crippen molar-refractivity contribution in [3.05, 3.63) is 30.3 Å². The lowest BCUT2D eigenvalue weighted by Gasteiger charge is -2.33. The summed E-state index contributed by atoms with van der Waals surface area (Å²) < 4.78 is 18.2. The van der Waals surface area contributed by atoms with E-state index in [2.05, 4.69) is 34.4 Å². The molecule has 1 heterocycles. The number of hydrogen-bond donors (Lipinski definition) is 2. The second-order valence-corrected chi connectivity index (χ2v) is 8.73. The van der Waals surface area contributed by atoms with Crippen molar-refractivity contribution < 1.29 is 8.95 Å². The smallest absolute Gasteiger partial charge is 0.191 e. The fraction of sp³-hybridized carbons (Fsp3) is 0.650. The van der Waals surface area contributed by atoms with Gasteiger partial charge in [-0.15, -0.1) is 24.0 Å². The number of benzene rings is 1. The zero-order valence-corrected chi connectivity index (χ0v) is 20.4. The summed E-state index contributed by atoms with van der Waals surface area (Å²) in [6.45, 7) is 12.4. The van der Waals surface area contributed by atoms with Gasteiger partial charge in [0.2, 0.25) is 0 Å². The molecule has 160 valence electrons. The van der Waals surface area contributed by atoms with Crippen LogP contribution in [-0.4, -0.2) is 72.8 Å². The normalized spacial score (nSPS) is 19.1. The van der Waals surface area contributed by atoms with Gasteiger partial charge in [0.25, 0.3) is 0 Å². The highest BCUT2D eigenvalue weighted by molar-refractivity contribution is 14.0. The van der Waals surface area contributed by atoms with E-state index in [1.165, 1.54) is 0 Å². The Bertz CT molecular complexity index is 601. The molecule has 1 aromatic carbocycles. The van der Waals surface area contributed by atoms with E-state index in [-0.39, 0.29) is 30.1 Å². The Labute approximate surface area is 189 Å². The van der Waals surface area contributed by atoms with E-state index in [9.17, 15) is 4.21 Å². The minimum absolute atomic E-state index is 0. The van der Waals surface area contributed by atoms with Crippen molar-refractivity contribution >= 4 is 40.7 Å². The highest BCUT2D eigenvalue weighted by atomic mass is 127. The molecule has 2 rings (SSSR count). The molecular formula is C20H35IN4O2S. The molecule has 28 heavy (non-hydrogen) atoms. The highest BCUT2D eigenvalue weighted by Gasteiger charge is 2.20. The van der Waals surface area contributed by atoms with Crippen LogP contribution in [0.5, 0.6) is 0 Å². The first-order chi connectivity index (χ1) is 13.1. The third-order valence-electron chi connectivity index (χ3n) is 4.23. The van der Waals surface area contributed by atoms with Crippen molar-refractivity contribution in [3.8, 4) is 0 Å². The Morgan fingerprint density at radius 1 is 1.32 bits per heavy atom. The SMILES string of the molecule is CCNC(=NCC1CN(CC(C)C)CCO1)NCCS(=O)c1ccccc1.I. The molecule has 2 unspecified atom stereocenters. The topological polar surface area (TPSA) is 66.0 Å². The molecule has 2 N–H and O–H groups in total. The Morgan fingerprint density at radius 2 is 2.07 bits per heavy atom. The molecular weight excluding hydrogens is 487 g/mol. The van der Waals surface area contributed by atoms with Crippen LogP contribution in [0.25, 0.3) is 0 Å². The molecule has 0 saturated carbocycles. The fourth-order valence-corrected chi connectivity index (χ4v) is 4.04. The number of nitrogens with zero attached hydrogens (tertiary/aromatic N) is 2. The largest absolute Gasteiger partial charge is 0.374 e. The van der Waals surface area contributed by atoms with Crippen molar-refractivity contribution in [1.82, 2.24) is 15.5 Å². The van der Waals surface area contributed by atoms with Gasteiger partial charge in [-0.3, -0.25) is 14.1 Å². The number of nitrogens with one attached hydrogen (secondary N) is 2. The zero-order valence-electron chi connectivity index (χ0n) is 17.2. The van der Waals surface area contributed by atoms with Crippen LogP contribution in [0, 0.1) is 5.92 Å². The lowest BCUT2D eigenvalue weighted by molar-refractivity contribution is -0.0261. The number of ether oxygens (including phenoxy) is 1. The maximum absolute atomic E-state index is 12.3. The molecule has 1 aliphatic rings. The number of halogens is 1. The quantitative estimate of drug-likeness (QED) is 0.296. The highest BCUT2D eigenvalue weighted by Crippen LogP contribution is 2.08. The van der Waals surface area contributed by atoms with Crippen molar-refractivity contribution in [3.63, 3.8) is 0 Å². The summed E-state index contributed by atoms with van der Waals surface area (Å²) in [6, 6.07) is 9.57. The number of aliphatic imine (C=N–C) groups is 1. The van der Waals surface area contributed by atoms with Crippen LogP contribution < -0.4 is 10.6 Å². The fourth-order valence-electron chi connectivity index (χ4n) is 3.06. The van der Waals surface area contributed by atoms with Crippen LogP contribution in [0.3, 0.4) is 0 Å². The molecule has 0 amide bonds. The van der Waals surface area contributed by atoms with Crippen LogP contribution >= 0.6 is 24.0 Å². The third kappa shape index (κ3) is 9.67. The molecule has 1 aromatic rings. The Hall–Kier alpha value is -0.710. The van der Waals surface area contributed by atoms with Crippen molar-refractivity contribution in [2.45, 2.75) is 31.8 Å². The van der Waals surface area contributed by atoms with Crippen LogP contribution in [-0.2, 0) is 15.5 Å². The summed E-state index contributed by atoms with van der Waals surface area (Å²) in [5, 5.41) is 6.53. The second kappa shape index (κ2) is 14.3. The van der Waals surface area contributed by atoms with Gasteiger partial charge in [-0.05, 0) is 25.0 Å². The lowest BCUT2D eigenvalue weighted by atomic mass is 10.2. The average molecular weight is 522 g/mol. The van der Waals surface area contributed by atoms with Gasteiger partial charge in [0, 0.05) is 43.4 Å². The first-order valence-electron chi connectivity index (χ1n) is 9.88. The monoisotopic (exact) mass is 522 g/mol. The molecule has 0 aromatic heterocycles. The Balaban J connectivity index is 0.00000392. The number of rotatable bonds is 9. The maximum Gasteiger partial charge on any atom is 0.191 e. The van der Waals surface area contributed by atoms with E-state index >= 15 is 0 Å². The van der Waals surface area contributed by atoms with Crippen molar-refractivity contribution in [2.75, 3.05) is 51.6 Å². The van der Waals surface area contributed by atoms with Gasteiger partial charge in [-0.25, -0.2) is 0 Å². The van der Waals surface area contributed by atoms with Gasteiger partial charge in [-0.1, -0.05) is 32.0 Å². The lowest BCUT2D eigenvalue weighted by Crippen LogP contribution is -2.46. The Kier molecular flexibility index (Phi) is 12.9. The van der Waals surface area contributed by atoms with Gasteiger partial charge >= 0.3 is 0 Å². The van der Waals surface area contributed by atoms with Crippen LogP contribution in [0.2, 0.25) is 0 Å². The van der Waals surface area contributed by atoms with Gasteiger partial charge in [-0.2, -0.15) is 0 Å². The van der Waals surface area contributed by atoms with E-state index in [0.29, 0.717) is 24.8 Å². The van der Waals surface area contributed by atoms with Crippen molar-refractivity contribution in [1.29, 1.82) is 0 Å². The molecule has 0 spiro atoms. The minimum Gasteiger partial charge on any atom is -0.374 e. The summed E-state index contributed by atoms with van der Waals surface area (Å²) in [6.07, 6.45) is 0.131. The average Bonchev–Trinajstić information content (AvgIpc) is 2.66. The summed E-state index contributed by atoms with van der Waals surface area (Å²) in [4.78, 5) is 7.98. The summed E-state index contributed by atoms with van der Waals surface area (Å²) in [7, 11) is -0.999. The van der Waals surface area contributed by atoms with Gasteiger partial charge < -0.3 is 15.4 Å². The number of hydrogen-bond acceptors (Lipinski definition) is 4. The van der Waals surface area contributed by atoms with E-state index in [1.54, 1.807) is 0 Å². The van der Waals surface area contributed by atoms with E-state index in [1.807, 2.05) is 37.3 Å². The van der Waals surface area contributed by atoms with Crippen LogP contribution in [0.1, 0.15) is 20.8 Å². The van der Waals surface area contributed by atoms with E-state index < -0.39 is 10.8 Å². The van der Waals surface area contributed by atoms with E-state index in [4.69, 9.17) is 4.74 Å².